The van der Waals surface area contributed by atoms with E-state index < -0.39 is 5.78 Å². The summed E-state index contributed by atoms with van der Waals surface area (Å²) in [5.74, 6) is -0.285. The zero-order valence-corrected chi connectivity index (χ0v) is 15.2. The molecule has 0 aliphatic heterocycles. The Balaban J connectivity index is 2.03. The van der Waals surface area contributed by atoms with Crippen molar-refractivity contribution < 1.29 is 14.0 Å². The fourth-order valence-corrected chi connectivity index (χ4v) is 2.65. The maximum absolute atomic E-state index is 12.0. The quantitative estimate of drug-likeness (QED) is 0.389. The molecule has 7 heteroatoms. The van der Waals surface area contributed by atoms with E-state index in [2.05, 4.69) is 10.3 Å². The first-order chi connectivity index (χ1) is 12.5. The summed E-state index contributed by atoms with van der Waals surface area (Å²) >= 11 is 5.91. The number of nitrogens with zero attached hydrogens (tertiary/aromatic N) is 2. The third-order valence-electron chi connectivity index (χ3n) is 3.84. The molecule has 1 aromatic heterocycles. The zero-order chi connectivity index (χ0) is 18.7. The number of hydrogen-bond acceptors (Lipinski definition) is 6. The van der Waals surface area contributed by atoms with Gasteiger partial charge in [0, 0.05) is 29.4 Å². The molecule has 6 nitrogen and oxygen atoms in total. The number of carbonyl (C=O) groups is 2. The Hall–Kier alpha value is -2.70. The standard InChI is InChI=1S/C19H18ClN3O3/c1-23(2)8-7-21-14-9-15(17(25)11-24)18-16(10-14)22-19(26-18)12-3-5-13(20)6-4-12/h3-6,9-11,21H,7-8H2,1-2H3. The van der Waals surface area contributed by atoms with E-state index in [-0.39, 0.29) is 11.8 Å². The number of ketones is 1. The molecule has 26 heavy (non-hydrogen) atoms. The van der Waals surface area contributed by atoms with E-state index in [1.165, 1.54) is 0 Å². The highest BCUT2D eigenvalue weighted by Crippen LogP contribution is 2.30. The molecule has 1 heterocycles. The number of benzene rings is 2. The Kier molecular flexibility index (Phi) is 5.35. The van der Waals surface area contributed by atoms with Gasteiger partial charge in [-0.25, -0.2) is 4.98 Å². The average Bonchev–Trinajstić information content (AvgIpc) is 3.04. The normalized spacial score (nSPS) is 11.1. The van der Waals surface area contributed by atoms with Crippen molar-refractivity contribution in [3.63, 3.8) is 0 Å². The van der Waals surface area contributed by atoms with Crippen LogP contribution in [-0.4, -0.2) is 49.1 Å². The van der Waals surface area contributed by atoms with E-state index >= 15 is 0 Å². The van der Waals surface area contributed by atoms with Gasteiger partial charge in [0.25, 0.3) is 0 Å². The van der Waals surface area contributed by atoms with Gasteiger partial charge in [0.2, 0.25) is 11.7 Å². The number of aromatic nitrogens is 1. The minimum Gasteiger partial charge on any atom is -0.435 e. The summed E-state index contributed by atoms with van der Waals surface area (Å²) in [6.07, 6.45) is 0.281. The SMILES string of the molecule is CN(C)CCNc1cc(C(=O)C=O)c2oc(-c3ccc(Cl)cc3)nc2c1. The number of hydrogen-bond donors (Lipinski definition) is 1. The number of halogens is 1. The number of aldehydes is 1. The van der Waals surface area contributed by atoms with Crippen LogP contribution in [0.25, 0.3) is 22.6 Å². The molecule has 0 spiro atoms. The number of nitrogens with one attached hydrogen (secondary N) is 1. The largest absolute Gasteiger partial charge is 0.435 e. The van der Waals surface area contributed by atoms with Gasteiger partial charge in [-0.05, 0) is 50.5 Å². The second kappa shape index (κ2) is 7.68. The van der Waals surface area contributed by atoms with Crippen LogP contribution in [0.5, 0.6) is 0 Å². The molecule has 0 aliphatic carbocycles. The molecule has 0 saturated carbocycles. The van der Waals surface area contributed by atoms with Crippen LogP contribution in [0.1, 0.15) is 10.4 Å². The van der Waals surface area contributed by atoms with Crippen LogP contribution >= 0.6 is 11.6 Å². The Morgan fingerprint density at radius 1 is 1.27 bits per heavy atom. The molecular weight excluding hydrogens is 354 g/mol. The first-order valence-electron chi connectivity index (χ1n) is 8.06. The van der Waals surface area contributed by atoms with Gasteiger partial charge in [0.15, 0.2) is 11.9 Å². The van der Waals surface area contributed by atoms with E-state index in [0.717, 1.165) is 12.1 Å². The molecule has 1 N–H and O–H groups in total. The van der Waals surface area contributed by atoms with Crippen molar-refractivity contribution in [3.8, 4) is 11.5 Å². The lowest BCUT2D eigenvalue weighted by molar-refractivity contribution is -0.104. The van der Waals surface area contributed by atoms with Gasteiger partial charge in [-0.2, -0.15) is 0 Å². The summed E-state index contributed by atoms with van der Waals surface area (Å²) in [5, 5.41) is 3.84. The summed E-state index contributed by atoms with van der Waals surface area (Å²) in [6, 6.07) is 10.4. The first kappa shape index (κ1) is 18.1. The predicted octanol–water partition coefficient (Wildman–Crippen LogP) is 3.50. The lowest BCUT2D eigenvalue weighted by Crippen LogP contribution is -2.20. The molecule has 0 radical (unpaired) electrons. The maximum Gasteiger partial charge on any atom is 0.229 e. The molecule has 3 aromatic rings. The molecule has 0 aliphatic rings. The van der Waals surface area contributed by atoms with Crippen molar-refractivity contribution in [2.24, 2.45) is 0 Å². The highest BCUT2D eigenvalue weighted by molar-refractivity contribution is 6.36. The predicted molar refractivity (Wildman–Crippen MR) is 102 cm³/mol. The van der Waals surface area contributed by atoms with Crippen molar-refractivity contribution in [2.45, 2.75) is 0 Å². The molecule has 0 atom stereocenters. The number of rotatable bonds is 7. The molecule has 0 amide bonds. The van der Waals surface area contributed by atoms with Gasteiger partial charge < -0.3 is 14.6 Å². The molecule has 0 unspecified atom stereocenters. The van der Waals surface area contributed by atoms with E-state index in [9.17, 15) is 9.59 Å². The summed E-state index contributed by atoms with van der Waals surface area (Å²) < 4.78 is 5.78. The minimum absolute atomic E-state index is 0.192. The lowest BCUT2D eigenvalue weighted by atomic mass is 10.1. The maximum atomic E-state index is 12.0. The Bertz CT molecular complexity index is 949. The van der Waals surface area contributed by atoms with E-state index in [4.69, 9.17) is 16.0 Å². The molecule has 0 bridgehead atoms. The summed E-state index contributed by atoms with van der Waals surface area (Å²) in [4.78, 5) is 29.6. The van der Waals surface area contributed by atoms with Crippen molar-refractivity contribution in [2.75, 3.05) is 32.5 Å². The summed E-state index contributed by atoms with van der Waals surface area (Å²) in [6.45, 7) is 1.51. The third-order valence-corrected chi connectivity index (χ3v) is 4.09. The van der Waals surface area contributed by atoms with Crippen LogP contribution in [0.3, 0.4) is 0 Å². The van der Waals surface area contributed by atoms with Crippen LogP contribution in [-0.2, 0) is 4.79 Å². The second-order valence-electron chi connectivity index (χ2n) is 6.11. The number of oxazole rings is 1. The molecule has 3 rings (SSSR count). The zero-order valence-electron chi connectivity index (χ0n) is 14.5. The fraction of sp³-hybridized carbons (Fsp3) is 0.211. The Morgan fingerprint density at radius 2 is 2.00 bits per heavy atom. The second-order valence-corrected chi connectivity index (χ2v) is 6.55. The summed E-state index contributed by atoms with van der Waals surface area (Å²) in [5.41, 5.74) is 2.44. The van der Waals surface area contributed by atoms with Crippen molar-refractivity contribution in [3.05, 3.63) is 47.0 Å². The fourth-order valence-electron chi connectivity index (χ4n) is 2.52. The molecule has 0 saturated heterocycles. The third kappa shape index (κ3) is 3.92. The van der Waals surface area contributed by atoms with Crippen molar-refractivity contribution >= 4 is 40.5 Å². The van der Waals surface area contributed by atoms with Gasteiger partial charge in [-0.15, -0.1) is 0 Å². The Morgan fingerprint density at radius 3 is 2.65 bits per heavy atom. The van der Waals surface area contributed by atoms with Crippen LogP contribution in [0.2, 0.25) is 5.02 Å². The van der Waals surface area contributed by atoms with E-state index in [0.29, 0.717) is 34.2 Å². The highest BCUT2D eigenvalue weighted by atomic mass is 35.5. The number of carbonyl (C=O) groups excluding carboxylic acids is 2. The monoisotopic (exact) mass is 371 g/mol. The number of likely N-dealkylation sites (N-methyl/N-ethyl adjacent to an activating group) is 1. The van der Waals surface area contributed by atoms with Gasteiger partial charge in [-0.3, -0.25) is 9.59 Å². The molecular formula is C19H18ClN3O3. The van der Waals surface area contributed by atoms with Gasteiger partial charge in [0.1, 0.15) is 5.52 Å². The van der Waals surface area contributed by atoms with E-state index in [1.807, 2.05) is 19.0 Å². The minimum atomic E-state index is -0.648. The van der Waals surface area contributed by atoms with Crippen molar-refractivity contribution in [1.82, 2.24) is 9.88 Å². The average molecular weight is 372 g/mol. The van der Waals surface area contributed by atoms with Gasteiger partial charge in [-0.1, -0.05) is 11.6 Å². The van der Waals surface area contributed by atoms with Crippen LogP contribution in [0.4, 0.5) is 5.69 Å². The topological polar surface area (TPSA) is 75.4 Å². The number of fused-ring (bicyclic) bond motifs is 1. The molecule has 2 aromatic carbocycles. The molecule has 134 valence electrons. The highest BCUT2D eigenvalue weighted by Gasteiger charge is 2.18. The van der Waals surface area contributed by atoms with Gasteiger partial charge in [0.05, 0.1) is 5.56 Å². The first-order valence-corrected chi connectivity index (χ1v) is 8.44. The smallest absolute Gasteiger partial charge is 0.229 e. The number of Topliss-reactive ketones (excluding diaryl/α,β-unsaturated/α-hetero) is 1. The van der Waals surface area contributed by atoms with Crippen LogP contribution in [0.15, 0.2) is 40.8 Å². The number of anilines is 1. The van der Waals surface area contributed by atoms with Gasteiger partial charge >= 0.3 is 0 Å². The Labute approximate surface area is 155 Å². The van der Waals surface area contributed by atoms with Crippen LogP contribution < -0.4 is 5.32 Å². The lowest BCUT2D eigenvalue weighted by Gasteiger charge is -2.11. The van der Waals surface area contributed by atoms with E-state index in [1.54, 1.807) is 36.4 Å². The van der Waals surface area contributed by atoms with Crippen molar-refractivity contribution in [1.29, 1.82) is 0 Å². The molecule has 0 fully saturated rings. The van der Waals surface area contributed by atoms with Crippen LogP contribution in [0, 0.1) is 0 Å². The summed E-state index contributed by atoms with van der Waals surface area (Å²) in [7, 11) is 3.95.